The Morgan fingerprint density at radius 3 is 2.56 bits per heavy atom. The molecule has 0 aliphatic carbocycles. The number of likely N-dealkylation sites (N-methyl/N-ethyl adjacent to an activating group) is 1. The summed E-state index contributed by atoms with van der Waals surface area (Å²) in [6, 6.07) is 2.05. The molecule has 0 bridgehead atoms. The molecule has 1 heterocycles. The van der Waals surface area contributed by atoms with Gasteiger partial charge in [0.25, 0.3) is 0 Å². The SMILES string of the molecule is COc1c(/C(C)=C/C(=O)NCCN(C)C)cc2c(C)c(C)oc2c1C. The van der Waals surface area contributed by atoms with Gasteiger partial charge in [-0.2, -0.15) is 0 Å². The van der Waals surface area contributed by atoms with E-state index in [9.17, 15) is 4.79 Å². The summed E-state index contributed by atoms with van der Waals surface area (Å²) in [7, 11) is 5.60. The Labute approximate surface area is 149 Å². The Balaban J connectivity index is 2.39. The Morgan fingerprint density at radius 2 is 1.96 bits per heavy atom. The Kier molecular flexibility index (Phi) is 5.90. The van der Waals surface area contributed by atoms with E-state index >= 15 is 0 Å². The molecule has 0 aliphatic heterocycles. The van der Waals surface area contributed by atoms with Crippen LogP contribution >= 0.6 is 0 Å². The zero-order chi connectivity index (χ0) is 18.7. The first-order valence-electron chi connectivity index (χ1n) is 8.44. The van der Waals surface area contributed by atoms with Crippen LogP contribution < -0.4 is 10.1 Å². The number of allylic oxidation sites excluding steroid dienone is 1. The minimum absolute atomic E-state index is 0.0979. The summed E-state index contributed by atoms with van der Waals surface area (Å²) in [6.07, 6.45) is 1.63. The number of carbonyl (C=O) groups is 1. The first-order valence-corrected chi connectivity index (χ1v) is 8.44. The maximum atomic E-state index is 12.2. The van der Waals surface area contributed by atoms with Crippen molar-refractivity contribution in [3.05, 3.63) is 34.6 Å². The number of rotatable bonds is 6. The van der Waals surface area contributed by atoms with E-state index in [1.165, 1.54) is 0 Å². The van der Waals surface area contributed by atoms with E-state index in [2.05, 4.69) is 5.32 Å². The molecule has 1 amide bonds. The van der Waals surface area contributed by atoms with Crippen LogP contribution in [0, 0.1) is 20.8 Å². The van der Waals surface area contributed by atoms with Gasteiger partial charge in [-0.3, -0.25) is 4.79 Å². The van der Waals surface area contributed by atoms with Gasteiger partial charge in [0.05, 0.1) is 7.11 Å². The highest BCUT2D eigenvalue weighted by Crippen LogP contribution is 2.38. The molecule has 5 heteroatoms. The van der Waals surface area contributed by atoms with Crippen LogP contribution in [-0.4, -0.2) is 45.1 Å². The number of benzene rings is 1. The molecular weight excluding hydrogens is 316 g/mol. The molecule has 2 aromatic rings. The first kappa shape index (κ1) is 19.1. The molecule has 1 aromatic carbocycles. The molecular formula is C20H28N2O3. The van der Waals surface area contributed by atoms with Gasteiger partial charge in [-0.25, -0.2) is 0 Å². The number of fused-ring (bicyclic) bond motifs is 1. The second kappa shape index (κ2) is 7.74. The molecule has 0 aliphatic rings. The van der Waals surface area contributed by atoms with Crippen LogP contribution in [0.4, 0.5) is 0 Å². The lowest BCUT2D eigenvalue weighted by molar-refractivity contribution is -0.116. The van der Waals surface area contributed by atoms with Crippen molar-refractivity contribution in [3.8, 4) is 5.75 Å². The maximum absolute atomic E-state index is 12.2. The molecule has 1 N–H and O–H groups in total. The number of amides is 1. The Bertz CT molecular complexity index is 816. The molecule has 0 atom stereocenters. The number of ether oxygens (including phenoxy) is 1. The number of nitrogens with one attached hydrogen (secondary N) is 1. The van der Waals surface area contributed by atoms with Gasteiger partial charge in [0.15, 0.2) is 0 Å². The second-order valence-electron chi connectivity index (χ2n) is 6.66. The van der Waals surface area contributed by atoms with E-state index < -0.39 is 0 Å². The predicted molar refractivity (Wildman–Crippen MR) is 102 cm³/mol. The molecule has 1 aromatic heterocycles. The van der Waals surface area contributed by atoms with Crippen LogP contribution in [0.3, 0.4) is 0 Å². The van der Waals surface area contributed by atoms with E-state index in [4.69, 9.17) is 9.15 Å². The zero-order valence-electron chi connectivity index (χ0n) is 16.2. The molecule has 0 radical (unpaired) electrons. The molecule has 25 heavy (non-hydrogen) atoms. The number of furan rings is 1. The summed E-state index contributed by atoms with van der Waals surface area (Å²) in [5.74, 6) is 1.55. The summed E-state index contributed by atoms with van der Waals surface area (Å²) in [4.78, 5) is 14.2. The summed E-state index contributed by atoms with van der Waals surface area (Å²) in [5, 5.41) is 3.96. The topological polar surface area (TPSA) is 54.7 Å². The number of methoxy groups -OCH3 is 1. The molecule has 5 nitrogen and oxygen atoms in total. The number of hydrogen-bond donors (Lipinski definition) is 1. The summed E-state index contributed by atoms with van der Waals surface area (Å²) >= 11 is 0. The van der Waals surface area contributed by atoms with Crippen LogP contribution in [0.15, 0.2) is 16.6 Å². The fourth-order valence-corrected chi connectivity index (χ4v) is 2.90. The van der Waals surface area contributed by atoms with E-state index in [0.717, 1.165) is 51.3 Å². The quantitative estimate of drug-likeness (QED) is 0.816. The van der Waals surface area contributed by atoms with Gasteiger partial charge in [-0.15, -0.1) is 0 Å². The fraction of sp³-hybridized carbons (Fsp3) is 0.450. The second-order valence-corrected chi connectivity index (χ2v) is 6.66. The maximum Gasteiger partial charge on any atom is 0.244 e. The molecule has 0 unspecified atom stereocenters. The van der Waals surface area contributed by atoms with Crippen molar-refractivity contribution < 1.29 is 13.9 Å². The third-order valence-electron chi connectivity index (χ3n) is 4.48. The third-order valence-corrected chi connectivity index (χ3v) is 4.48. The van der Waals surface area contributed by atoms with E-state index in [1.54, 1.807) is 13.2 Å². The van der Waals surface area contributed by atoms with Crippen molar-refractivity contribution in [3.63, 3.8) is 0 Å². The van der Waals surface area contributed by atoms with Gasteiger partial charge >= 0.3 is 0 Å². The summed E-state index contributed by atoms with van der Waals surface area (Å²) in [5.41, 5.74) is 4.69. The Morgan fingerprint density at radius 1 is 1.28 bits per heavy atom. The fourth-order valence-electron chi connectivity index (χ4n) is 2.90. The monoisotopic (exact) mass is 344 g/mol. The molecule has 2 rings (SSSR count). The number of aryl methyl sites for hydroxylation is 3. The molecule has 0 fully saturated rings. The van der Waals surface area contributed by atoms with Crippen molar-refractivity contribution in [2.24, 2.45) is 0 Å². The van der Waals surface area contributed by atoms with Gasteiger partial charge in [-0.05, 0) is 59.0 Å². The standard InChI is InChI=1S/C20H28N2O3/c1-12(10-18(23)21-8-9-22(5)6)16-11-17-13(2)15(4)25-20(17)14(3)19(16)24-7/h10-11H,8-9H2,1-7H3,(H,21,23)/b12-10+. The first-order chi connectivity index (χ1) is 11.8. The van der Waals surface area contributed by atoms with Crippen molar-refractivity contribution in [2.45, 2.75) is 27.7 Å². The highest BCUT2D eigenvalue weighted by molar-refractivity contribution is 5.98. The predicted octanol–water partition coefficient (Wildman–Crippen LogP) is 3.45. The van der Waals surface area contributed by atoms with E-state index in [1.807, 2.05) is 52.8 Å². The highest BCUT2D eigenvalue weighted by Gasteiger charge is 2.18. The van der Waals surface area contributed by atoms with Crippen LogP contribution in [0.2, 0.25) is 0 Å². The van der Waals surface area contributed by atoms with Crippen LogP contribution in [0.1, 0.15) is 29.4 Å². The summed E-state index contributed by atoms with van der Waals surface area (Å²) in [6.45, 7) is 9.34. The minimum atomic E-state index is -0.0979. The minimum Gasteiger partial charge on any atom is -0.496 e. The molecule has 0 saturated carbocycles. The van der Waals surface area contributed by atoms with Crippen LogP contribution in [-0.2, 0) is 4.79 Å². The molecule has 0 spiro atoms. The van der Waals surface area contributed by atoms with Gasteiger partial charge < -0.3 is 19.4 Å². The van der Waals surface area contributed by atoms with Crippen molar-refractivity contribution in [1.29, 1.82) is 0 Å². The van der Waals surface area contributed by atoms with Crippen molar-refractivity contribution >= 4 is 22.4 Å². The molecule has 0 saturated heterocycles. The lowest BCUT2D eigenvalue weighted by Crippen LogP contribution is -2.30. The lowest BCUT2D eigenvalue weighted by atomic mass is 9.98. The highest BCUT2D eigenvalue weighted by atomic mass is 16.5. The number of nitrogens with zero attached hydrogens (tertiary/aromatic N) is 1. The van der Waals surface area contributed by atoms with Gasteiger partial charge in [-0.1, -0.05) is 0 Å². The smallest absolute Gasteiger partial charge is 0.244 e. The Hall–Kier alpha value is -2.27. The number of carbonyl (C=O) groups excluding carboxylic acids is 1. The van der Waals surface area contributed by atoms with Crippen LogP contribution in [0.25, 0.3) is 16.5 Å². The zero-order valence-corrected chi connectivity index (χ0v) is 16.2. The van der Waals surface area contributed by atoms with Crippen LogP contribution in [0.5, 0.6) is 5.75 Å². The largest absolute Gasteiger partial charge is 0.496 e. The summed E-state index contributed by atoms with van der Waals surface area (Å²) < 4.78 is 11.5. The molecule has 136 valence electrons. The van der Waals surface area contributed by atoms with Crippen molar-refractivity contribution in [1.82, 2.24) is 10.2 Å². The van der Waals surface area contributed by atoms with E-state index in [0.29, 0.717) is 6.54 Å². The van der Waals surface area contributed by atoms with Gasteiger partial charge in [0.2, 0.25) is 5.91 Å². The van der Waals surface area contributed by atoms with Gasteiger partial charge in [0.1, 0.15) is 17.1 Å². The average molecular weight is 344 g/mol. The third kappa shape index (κ3) is 4.04. The number of hydrogen-bond acceptors (Lipinski definition) is 4. The average Bonchev–Trinajstić information content (AvgIpc) is 2.82. The normalized spacial score (nSPS) is 12.1. The van der Waals surface area contributed by atoms with E-state index in [-0.39, 0.29) is 5.91 Å². The van der Waals surface area contributed by atoms with Crippen molar-refractivity contribution in [2.75, 3.05) is 34.3 Å². The lowest BCUT2D eigenvalue weighted by Gasteiger charge is -2.13. The van der Waals surface area contributed by atoms with Gasteiger partial charge in [0, 0.05) is 35.7 Å².